The van der Waals surface area contributed by atoms with Crippen molar-refractivity contribution in [2.45, 2.75) is 56.9 Å². The van der Waals surface area contributed by atoms with Gasteiger partial charge in [0.25, 0.3) is 5.91 Å². The van der Waals surface area contributed by atoms with Crippen molar-refractivity contribution in [3.05, 3.63) is 27.8 Å². The van der Waals surface area contributed by atoms with E-state index in [-0.39, 0.29) is 27.4 Å². The molecule has 2 aromatic rings. The minimum absolute atomic E-state index is 0.154. The van der Waals surface area contributed by atoms with Crippen molar-refractivity contribution in [1.82, 2.24) is 14.8 Å². The molecule has 15 heteroatoms. The zero-order valence-corrected chi connectivity index (χ0v) is 20.4. The second kappa shape index (κ2) is 8.29. The largest absolute Gasteiger partial charge is 0.496 e. The highest BCUT2D eigenvalue weighted by Gasteiger charge is 2.52. The van der Waals surface area contributed by atoms with E-state index in [1.54, 1.807) is 0 Å². The molecule has 33 heavy (non-hydrogen) atoms. The number of amides is 1. The molecule has 180 valence electrons. The van der Waals surface area contributed by atoms with Gasteiger partial charge >= 0.3 is 13.3 Å². The predicted octanol–water partition coefficient (Wildman–Crippen LogP) is 1.73. The summed E-state index contributed by atoms with van der Waals surface area (Å²) in [5.74, 6) is -1.45. The average molecular weight is 506 g/mol. The summed E-state index contributed by atoms with van der Waals surface area (Å²) < 4.78 is 76.8. The minimum Gasteiger partial charge on any atom is -0.399 e. The maximum absolute atomic E-state index is 12.9. The zero-order valence-electron chi connectivity index (χ0n) is 18.7. The Kier molecular flexibility index (Phi) is 6.41. The fraction of sp³-hybridized carbons (Fsp3) is 0.556. The highest BCUT2D eigenvalue weighted by Crippen LogP contribution is 2.36. The van der Waals surface area contributed by atoms with E-state index < -0.39 is 55.8 Å². The van der Waals surface area contributed by atoms with Crippen LogP contribution in [0.2, 0.25) is 0 Å². The summed E-state index contributed by atoms with van der Waals surface area (Å²) in [4.78, 5) is 19.6. The molecule has 9 nitrogen and oxygen atoms in total. The molecule has 0 atom stereocenters. The van der Waals surface area contributed by atoms with Crippen molar-refractivity contribution >= 4 is 39.7 Å². The molecule has 2 aromatic heterocycles. The quantitative estimate of drug-likeness (QED) is 0.581. The number of rotatable bonds is 4. The summed E-state index contributed by atoms with van der Waals surface area (Å²) in [5.41, 5.74) is -1.62. The van der Waals surface area contributed by atoms with Gasteiger partial charge in [0.05, 0.1) is 21.9 Å². The summed E-state index contributed by atoms with van der Waals surface area (Å²) in [6, 6.07) is 1.23. The molecule has 1 aliphatic heterocycles. The second-order valence-corrected chi connectivity index (χ2v) is 11.5. The van der Waals surface area contributed by atoms with Gasteiger partial charge in [-0.05, 0) is 33.8 Å². The van der Waals surface area contributed by atoms with Crippen LogP contribution in [0.3, 0.4) is 0 Å². The highest BCUT2D eigenvalue weighted by molar-refractivity contribution is 7.91. The van der Waals surface area contributed by atoms with E-state index in [9.17, 15) is 26.4 Å². The number of sulfone groups is 1. The number of aryl methyl sites for hydroxylation is 1. The first-order valence-electron chi connectivity index (χ1n) is 9.77. The molecule has 0 aromatic carbocycles. The van der Waals surface area contributed by atoms with Crippen molar-refractivity contribution in [2.75, 3.05) is 5.75 Å². The molecular weight excluding hydrogens is 484 g/mol. The Hall–Kier alpha value is -2.10. The molecule has 0 spiro atoms. The molecule has 0 saturated carbocycles. The van der Waals surface area contributed by atoms with Crippen LogP contribution in [0.5, 0.6) is 0 Å². The summed E-state index contributed by atoms with van der Waals surface area (Å²) in [5, 5.41) is 2.11. The van der Waals surface area contributed by atoms with Gasteiger partial charge in [-0.15, -0.1) is 0 Å². The number of carbonyl (C=O) groups excluding carboxylic acids is 1. The average Bonchev–Trinajstić information content (AvgIpc) is 3.17. The fourth-order valence-corrected chi connectivity index (χ4v) is 4.64. The van der Waals surface area contributed by atoms with Crippen LogP contribution < -0.4 is 10.3 Å². The lowest BCUT2D eigenvalue weighted by Gasteiger charge is -2.32. The Bertz CT molecular complexity index is 1250. The van der Waals surface area contributed by atoms with Crippen LogP contribution in [0.15, 0.2) is 22.2 Å². The van der Waals surface area contributed by atoms with E-state index in [2.05, 4.69) is 15.1 Å². The molecule has 0 radical (unpaired) electrons. The molecule has 0 aliphatic carbocycles. The van der Waals surface area contributed by atoms with E-state index in [1.165, 1.54) is 26.2 Å². The molecule has 3 heterocycles. The lowest BCUT2D eigenvalue weighted by Crippen LogP contribution is -2.41. The molecule has 1 amide bonds. The van der Waals surface area contributed by atoms with E-state index >= 15 is 0 Å². The van der Waals surface area contributed by atoms with Gasteiger partial charge in [-0.2, -0.15) is 23.3 Å². The maximum atomic E-state index is 12.9. The number of carbonyl (C=O) groups is 1. The van der Waals surface area contributed by atoms with Gasteiger partial charge in [-0.3, -0.25) is 4.79 Å². The molecule has 3 rings (SSSR count). The van der Waals surface area contributed by atoms with Gasteiger partial charge in [0.15, 0.2) is 9.84 Å². The van der Waals surface area contributed by atoms with E-state index in [0.717, 1.165) is 4.68 Å². The van der Waals surface area contributed by atoms with E-state index in [0.29, 0.717) is 0 Å². The first-order chi connectivity index (χ1) is 15.0. The van der Waals surface area contributed by atoms with E-state index in [1.807, 2.05) is 27.7 Å². The Balaban J connectivity index is 2.08. The van der Waals surface area contributed by atoms with Crippen molar-refractivity contribution in [1.29, 1.82) is 0 Å². The predicted molar refractivity (Wildman–Crippen MR) is 114 cm³/mol. The summed E-state index contributed by atoms with van der Waals surface area (Å²) in [6.07, 6.45) is -3.48. The minimum atomic E-state index is -4.71. The number of nitrogens with zero attached hydrogens (tertiary/aromatic N) is 4. The normalized spacial score (nSPS) is 18.7. The Labute approximate surface area is 192 Å². The third kappa shape index (κ3) is 4.90. The second-order valence-electron chi connectivity index (χ2n) is 8.34. The van der Waals surface area contributed by atoms with Gasteiger partial charge in [0.1, 0.15) is 5.69 Å². The number of hydrogen-bond acceptors (Lipinski definition) is 8. The zero-order chi connectivity index (χ0) is 25.0. The van der Waals surface area contributed by atoms with Crippen molar-refractivity contribution in [3.63, 3.8) is 0 Å². The third-order valence-electron chi connectivity index (χ3n) is 5.46. The molecular formula is C18H22BF3N4O5S2. The molecule has 1 fully saturated rings. The number of alkyl halides is 3. The van der Waals surface area contributed by atoms with E-state index in [4.69, 9.17) is 9.31 Å². The van der Waals surface area contributed by atoms with Crippen molar-refractivity contribution in [2.24, 2.45) is 12.0 Å². The molecule has 1 aliphatic rings. The Morgan fingerprint density at radius 2 is 1.82 bits per heavy atom. The van der Waals surface area contributed by atoms with Crippen LogP contribution in [0.1, 0.15) is 50.1 Å². The summed E-state index contributed by atoms with van der Waals surface area (Å²) in [6.45, 7) is 8.69. The third-order valence-corrected chi connectivity index (χ3v) is 8.25. The lowest BCUT2D eigenvalue weighted by atomic mass is 9.80. The van der Waals surface area contributed by atoms with Crippen molar-refractivity contribution < 1.29 is 35.7 Å². The number of halogens is 3. The topological polar surface area (TPSA) is 113 Å². The fourth-order valence-electron chi connectivity index (χ4n) is 2.82. The van der Waals surface area contributed by atoms with Crippen molar-refractivity contribution in [3.8, 4) is 0 Å². The van der Waals surface area contributed by atoms with Gasteiger partial charge in [0, 0.05) is 18.7 Å². The van der Waals surface area contributed by atoms with Crippen LogP contribution in [0, 0.1) is 0 Å². The monoisotopic (exact) mass is 506 g/mol. The Morgan fingerprint density at radius 1 is 1.24 bits per heavy atom. The molecule has 0 unspecified atom stereocenters. The smallest absolute Gasteiger partial charge is 0.399 e. The maximum Gasteiger partial charge on any atom is 0.496 e. The van der Waals surface area contributed by atoms with Crippen LogP contribution >= 0.6 is 11.3 Å². The first-order valence-corrected chi connectivity index (χ1v) is 12.2. The number of hydrogen-bond donors (Lipinski definition) is 0. The first kappa shape index (κ1) is 25.5. The van der Waals surface area contributed by atoms with Crippen LogP contribution in [-0.4, -0.2) is 53.2 Å². The summed E-state index contributed by atoms with van der Waals surface area (Å²) in [7, 11) is -3.69. The van der Waals surface area contributed by atoms with Crippen LogP contribution in [0.25, 0.3) is 0 Å². The number of pyridine rings is 1. The molecule has 0 N–H and O–H groups in total. The standard InChI is InChI=1S/C18H22BF3N4O5S2/c1-7-33(28,29)11-8-10(19-30-16(2,3)17(4,5)31-19)9-23-12(11)13(27)24-15-26(6)25-14(32-15)18(20,21)22/h8-9H,7H2,1-6H3/b24-15-. The van der Waals surface area contributed by atoms with Gasteiger partial charge in [-0.25, -0.2) is 18.1 Å². The Morgan fingerprint density at radius 3 is 2.30 bits per heavy atom. The summed E-state index contributed by atoms with van der Waals surface area (Å²) >= 11 is 0.154. The SMILES string of the molecule is CCS(=O)(=O)c1cc(B2OC(C)(C)C(C)(C)O2)cnc1C(=O)/N=c1\sc(C(F)(F)F)nn1C. The lowest BCUT2D eigenvalue weighted by molar-refractivity contribution is -0.138. The molecule has 1 saturated heterocycles. The number of aromatic nitrogens is 3. The van der Waals surface area contributed by atoms with Gasteiger partial charge in [0.2, 0.25) is 9.81 Å². The van der Waals surface area contributed by atoms with Crippen LogP contribution in [0.4, 0.5) is 13.2 Å². The van der Waals surface area contributed by atoms with Crippen LogP contribution in [-0.2, 0) is 32.4 Å². The van der Waals surface area contributed by atoms with Gasteiger partial charge < -0.3 is 9.31 Å². The highest BCUT2D eigenvalue weighted by atomic mass is 32.2. The van der Waals surface area contributed by atoms with Gasteiger partial charge in [-0.1, -0.05) is 18.3 Å². The molecule has 0 bridgehead atoms.